The molecule has 0 radical (unpaired) electrons. The summed E-state index contributed by atoms with van der Waals surface area (Å²) in [5.41, 5.74) is 0.242. The van der Waals surface area contributed by atoms with Gasteiger partial charge in [-0.1, -0.05) is 59.8 Å². The molecule has 1 fully saturated rings. The third-order valence-electron chi connectivity index (χ3n) is 4.06. The smallest absolute Gasteiger partial charge is 0.240 e. The van der Waals surface area contributed by atoms with Gasteiger partial charge >= 0.3 is 0 Å². The number of rotatable bonds is 9. The Morgan fingerprint density at radius 3 is 2.53 bits per heavy atom. The van der Waals surface area contributed by atoms with Crippen LogP contribution in [0.1, 0.15) is 72.6 Å². The summed E-state index contributed by atoms with van der Waals surface area (Å²) in [7, 11) is 0. The lowest BCUT2D eigenvalue weighted by molar-refractivity contribution is -0.130. The topological polar surface area (TPSA) is 32.3 Å². The van der Waals surface area contributed by atoms with E-state index in [0.29, 0.717) is 5.91 Å². The third-order valence-corrected chi connectivity index (χ3v) is 4.06. The zero-order chi connectivity index (χ0) is 14.3. The van der Waals surface area contributed by atoms with Crippen molar-refractivity contribution in [1.29, 1.82) is 0 Å². The van der Waals surface area contributed by atoms with Crippen LogP contribution in [0, 0.1) is 5.41 Å². The van der Waals surface area contributed by atoms with Crippen molar-refractivity contribution in [3.8, 4) is 0 Å². The molecule has 3 nitrogen and oxygen atoms in total. The Kier molecular flexibility index (Phi) is 6.84. The van der Waals surface area contributed by atoms with Gasteiger partial charge in [-0.25, -0.2) is 0 Å². The van der Waals surface area contributed by atoms with Gasteiger partial charge in [0.25, 0.3) is 0 Å². The van der Waals surface area contributed by atoms with Gasteiger partial charge in [0, 0.05) is 6.54 Å². The summed E-state index contributed by atoms with van der Waals surface area (Å²) in [5.74, 6) is 0.317. The van der Waals surface area contributed by atoms with E-state index in [-0.39, 0.29) is 11.5 Å². The van der Waals surface area contributed by atoms with Crippen LogP contribution in [0.5, 0.6) is 0 Å². The molecule has 1 saturated heterocycles. The molecule has 3 heteroatoms. The molecule has 0 bridgehead atoms. The van der Waals surface area contributed by atoms with E-state index in [1.54, 1.807) is 0 Å². The second-order valence-electron chi connectivity index (χ2n) is 6.71. The van der Waals surface area contributed by atoms with Crippen LogP contribution in [0.15, 0.2) is 0 Å². The van der Waals surface area contributed by atoms with Gasteiger partial charge in [0.1, 0.15) is 0 Å². The average molecular weight is 268 g/mol. The summed E-state index contributed by atoms with van der Waals surface area (Å²) in [6.45, 7) is 10.6. The van der Waals surface area contributed by atoms with Gasteiger partial charge in [-0.2, -0.15) is 0 Å². The van der Waals surface area contributed by atoms with Crippen molar-refractivity contribution in [2.24, 2.45) is 5.41 Å². The number of carbonyl (C=O) groups is 1. The van der Waals surface area contributed by atoms with Crippen LogP contribution in [0.3, 0.4) is 0 Å². The Hall–Kier alpha value is -0.570. The molecule has 1 unspecified atom stereocenters. The highest BCUT2D eigenvalue weighted by molar-refractivity contribution is 5.83. The Labute approximate surface area is 119 Å². The molecule has 1 aliphatic rings. The first kappa shape index (κ1) is 16.5. The van der Waals surface area contributed by atoms with Gasteiger partial charge in [-0.05, 0) is 18.3 Å². The second kappa shape index (κ2) is 7.88. The van der Waals surface area contributed by atoms with Crippen molar-refractivity contribution in [1.82, 2.24) is 10.2 Å². The molecular weight excluding hydrogens is 236 g/mol. The number of hydrogen-bond donors (Lipinski definition) is 1. The predicted molar refractivity (Wildman–Crippen MR) is 81.0 cm³/mol. The minimum absolute atomic E-state index is 0.0754. The first-order valence-electron chi connectivity index (χ1n) is 8.02. The summed E-state index contributed by atoms with van der Waals surface area (Å²) in [6.07, 6.45) is 8.34. The molecule has 0 saturated carbocycles. The highest BCUT2D eigenvalue weighted by atomic mass is 16.2. The van der Waals surface area contributed by atoms with E-state index in [4.69, 9.17) is 0 Å². The fourth-order valence-corrected chi connectivity index (χ4v) is 2.82. The summed E-state index contributed by atoms with van der Waals surface area (Å²) in [6, 6.07) is 0.0754. The van der Waals surface area contributed by atoms with Crippen LogP contribution < -0.4 is 5.32 Å². The Morgan fingerprint density at radius 2 is 1.89 bits per heavy atom. The lowest BCUT2D eigenvalue weighted by atomic mass is 9.86. The largest absolute Gasteiger partial charge is 0.328 e. The van der Waals surface area contributed by atoms with Gasteiger partial charge in [0.15, 0.2) is 0 Å². The van der Waals surface area contributed by atoms with E-state index >= 15 is 0 Å². The average Bonchev–Trinajstić information content (AvgIpc) is 2.68. The monoisotopic (exact) mass is 268 g/mol. The SMILES string of the molecule is CCCCCC(C)(C)CN1CNC(CCCC)C1=O. The molecule has 112 valence electrons. The number of carbonyl (C=O) groups excluding carboxylic acids is 1. The standard InChI is InChI=1S/C16H32N2O/c1-5-7-9-11-16(3,4)12-18-13-17-14(15(18)19)10-8-6-2/h14,17H,5-13H2,1-4H3. The summed E-state index contributed by atoms with van der Waals surface area (Å²) < 4.78 is 0. The quantitative estimate of drug-likeness (QED) is 0.649. The molecule has 1 heterocycles. The third kappa shape index (κ3) is 5.52. The first-order valence-corrected chi connectivity index (χ1v) is 8.02. The van der Waals surface area contributed by atoms with Gasteiger partial charge in [-0.15, -0.1) is 0 Å². The normalized spacial score (nSPS) is 20.3. The molecule has 0 aliphatic carbocycles. The fraction of sp³-hybridized carbons (Fsp3) is 0.938. The number of nitrogens with zero attached hydrogens (tertiary/aromatic N) is 1. The lowest BCUT2D eigenvalue weighted by Gasteiger charge is -2.30. The minimum Gasteiger partial charge on any atom is -0.328 e. The lowest BCUT2D eigenvalue weighted by Crippen LogP contribution is -2.37. The summed E-state index contributed by atoms with van der Waals surface area (Å²) in [4.78, 5) is 14.3. The molecule has 0 aromatic heterocycles. The molecular formula is C16H32N2O. The van der Waals surface area contributed by atoms with E-state index in [1.165, 1.54) is 25.7 Å². The van der Waals surface area contributed by atoms with Gasteiger partial charge in [0.05, 0.1) is 12.7 Å². The molecule has 1 atom stereocenters. The number of nitrogens with one attached hydrogen (secondary N) is 1. The minimum atomic E-state index is 0.0754. The van der Waals surface area contributed by atoms with E-state index < -0.39 is 0 Å². The first-order chi connectivity index (χ1) is 9.00. The van der Waals surface area contributed by atoms with Crippen molar-refractivity contribution in [2.45, 2.75) is 78.7 Å². The van der Waals surface area contributed by atoms with E-state index in [9.17, 15) is 4.79 Å². The zero-order valence-corrected chi connectivity index (χ0v) is 13.3. The van der Waals surface area contributed by atoms with Crippen LogP contribution in [-0.2, 0) is 4.79 Å². The number of unbranched alkanes of at least 4 members (excludes halogenated alkanes) is 3. The van der Waals surface area contributed by atoms with Crippen molar-refractivity contribution in [3.05, 3.63) is 0 Å². The van der Waals surface area contributed by atoms with Crippen molar-refractivity contribution >= 4 is 5.91 Å². The zero-order valence-electron chi connectivity index (χ0n) is 13.3. The van der Waals surface area contributed by atoms with Crippen molar-refractivity contribution in [3.63, 3.8) is 0 Å². The fourth-order valence-electron chi connectivity index (χ4n) is 2.82. The van der Waals surface area contributed by atoms with Crippen molar-refractivity contribution < 1.29 is 4.79 Å². The summed E-state index contributed by atoms with van der Waals surface area (Å²) in [5, 5.41) is 3.36. The highest BCUT2D eigenvalue weighted by Gasteiger charge is 2.33. The van der Waals surface area contributed by atoms with Crippen LogP contribution in [0.4, 0.5) is 0 Å². The van der Waals surface area contributed by atoms with Crippen LogP contribution in [0.25, 0.3) is 0 Å². The summed E-state index contributed by atoms with van der Waals surface area (Å²) >= 11 is 0. The molecule has 1 rings (SSSR count). The van der Waals surface area contributed by atoms with Crippen LogP contribution in [0.2, 0.25) is 0 Å². The van der Waals surface area contributed by atoms with Gasteiger partial charge in [-0.3, -0.25) is 10.1 Å². The molecule has 0 spiro atoms. The van der Waals surface area contributed by atoms with Gasteiger partial charge in [0.2, 0.25) is 5.91 Å². The molecule has 1 amide bonds. The Bertz CT molecular complexity index is 276. The molecule has 0 aromatic rings. The van der Waals surface area contributed by atoms with E-state index in [2.05, 4.69) is 33.0 Å². The Balaban J connectivity index is 2.38. The highest BCUT2D eigenvalue weighted by Crippen LogP contribution is 2.26. The molecule has 19 heavy (non-hydrogen) atoms. The van der Waals surface area contributed by atoms with Crippen LogP contribution in [-0.4, -0.2) is 30.1 Å². The van der Waals surface area contributed by atoms with Gasteiger partial charge < -0.3 is 4.90 Å². The predicted octanol–water partition coefficient (Wildman–Crippen LogP) is 3.54. The number of hydrogen-bond acceptors (Lipinski definition) is 2. The van der Waals surface area contributed by atoms with E-state index in [0.717, 1.165) is 32.5 Å². The molecule has 1 aliphatic heterocycles. The second-order valence-corrected chi connectivity index (χ2v) is 6.71. The maximum atomic E-state index is 12.3. The van der Waals surface area contributed by atoms with Crippen molar-refractivity contribution in [2.75, 3.05) is 13.2 Å². The number of amides is 1. The maximum absolute atomic E-state index is 12.3. The molecule has 0 aromatic carbocycles. The maximum Gasteiger partial charge on any atom is 0.240 e. The van der Waals surface area contributed by atoms with Crippen LogP contribution >= 0.6 is 0 Å². The Morgan fingerprint density at radius 1 is 1.21 bits per heavy atom. The van der Waals surface area contributed by atoms with E-state index in [1.807, 2.05) is 4.90 Å². The molecule has 1 N–H and O–H groups in total.